The van der Waals surface area contributed by atoms with Crippen molar-refractivity contribution in [3.8, 4) is 0 Å². The molecule has 0 radical (unpaired) electrons. The molecule has 0 unspecified atom stereocenters. The summed E-state index contributed by atoms with van der Waals surface area (Å²) in [6, 6.07) is 5.23. The monoisotopic (exact) mass is 224 g/mol. The molecule has 4 heteroatoms. The molecule has 0 heterocycles. The van der Waals surface area contributed by atoms with Crippen LogP contribution in [0.4, 0.5) is 8.78 Å². The van der Waals surface area contributed by atoms with Gasteiger partial charge in [0.25, 0.3) is 0 Å². The molecular formula is C12H10F2O2. The molecule has 0 aliphatic heterocycles. The Labute approximate surface area is 91.2 Å². The van der Waals surface area contributed by atoms with Gasteiger partial charge in [0.1, 0.15) is 0 Å². The number of aryl methyl sites for hydroxylation is 1. The fraction of sp³-hybridized carbons (Fsp3) is 0.250. The zero-order chi connectivity index (χ0) is 11.9. The highest BCUT2D eigenvalue weighted by molar-refractivity contribution is 5.96. The number of benzene rings is 1. The van der Waals surface area contributed by atoms with Crippen molar-refractivity contribution in [2.24, 2.45) is 0 Å². The number of alkyl halides is 2. The molecule has 0 aromatic heterocycles. The quantitative estimate of drug-likeness (QED) is 0.838. The van der Waals surface area contributed by atoms with E-state index in [1.54, 1.807) is 25.1 Å². The van der Waals surface area contributed by atoms with E-state index in [0.29, 0.717) is 17.5 Å². The van der Waals surface area contributed by atoms with Crippen LogP contribution in [0.15, 0.2) is 24.3 Å². The first-order valence-corrected chi connectivity index (χ1v) is 4.85. The number of allylic oxidation sites excluding steroid dienone is 1. The van der Waals surface area contributed by atoms with Crippen LogP contribution in [-0.2, 0) is 11.2 Å². The van der Waals surface area contributed by atoms with Crippen molar-refractivity contribution in [1.82, 2.24) is 0 Å². The van der Waals surface area contributed by atoms with Crippen molar-refractivity contribution in [3.63, 3.8) is 0 Å². The molecule has 1 aliphatic rings. The smallest absolute Gasteiger partial charge is 0.379 e. The number of carboxylic acid groups (broad SMARTS) is 1. The molecule has 1 aromatic rings. The van der Waals surface area contributed by atoms with E-state index < -0.39 is 11.9 Å². The summed E-state index contributed by atoms with van der Waals surface area (Å²) in [5.74, 6) is -5.91. The van der Waals surface area contributed by atoms with Crippen LogP contribution < -0.4 is 0 Å². The van der Waals surface area contributed by atoms with Crippen LogP contribution in [0.3, 0.4) is 0 Å². The number of carboxylic acids is 1. The van der Waals surface area contributed by atoms with Gasteiger partial charge in [-0.2, -0.15) is 8.78 Å². The van der Waals surface area contributed by atoms with Crippen molar-refractivity contribution in [1.29, 1.82) is 0 Å². The van der Waals surface area contributed by atoms with Crippen LogP contribution in [0.5, 0.6) is 0 Å². The van der Waals surface area contributed by atoms with Gasteiger partial charge in [0.05, 0.1) is 0 Å². The molecular weight excluding hydrogens is 214 g/mol. The fourth-order valence-corrected chi connectivity index (χ4v) is 2.00. The first-order chi connectivity index (χ1) is 7.44. The van der Waals surface area contributed by atoms with Gasteiger partial charge >= 0.3 is 11.9 Å². The lowest BCUT2D eigenvalue weighted by Gasteiger charge is -2.15. The van der Waals surface area contributed by atoms with Crippen LogP contribution in [0.1, 0.15) is 16.7 Å². The fourth-order valence-electron chi connectivity index (χ4n) is 2.00. The minimum absolute atomic E-state index is 0.370. The number of rotatable bonds is 2. The molecule has 1 N–H and O–H groups in total. The van der Waals surface area contributed by atoms with E-state index in [9.17, 15) is 13.6 Å². The Hall–Kier alpha value is -1.71. The summed E-state index contributed by atoms with van der Waals surface area (Å²) < 4.78 is 26.9. The Morgan fingerprint density at radius 1 is 1.44 bits per heavy atom. The summed E-state index contributed by atoms with van der Waals surface area (Å²) in [5, 5.41) is 8.53. The third-order valence-corrected chi connectivity index (χ3v) is 2.76. The highest BCUT2D eigenvalue weighted by Crippen LogP contribution is 2.40. The summed E-state index contributed by atoms with van der Waals surface area (Å²) in [7, 11) is 0. The number of hydrogen-bond donors (Lipinski definition) is 1. The Balaban J connectivity index is 2.55. The number of halogens is 2. The van der Waals surface area contributed by atoms with Crippen molar-refractivity contribution in [2.75, 3.05) is 0 Å². The lowest BCUT2D eigenvalue weighted by molar-refractivity contribution is -0.156. The predicted octanol–water partition coefficient (Wildman–Crippen LogP) is 2.65. The van der Waals surface area contributed by atoms with Crippen LogP contribution in [-0.4, -0.2) is 17.0 Å². The minimum Gasteiger partial charge on any atom is -0.477 e. The molecule has 1 aliphatic carbocycles. The SMILES string of the molecule is Cc1cccc2c1C(C(F)(F)C(=O)O)=CC2. The maximum atomic E-state index is 13.4. The molecule has 16 heavy (non-hydrogen) atoms. The van der Waals surface area contributed by atoms with Gasteiger partial charge in [0, 0.05) is 5.57 Å². The van der Waals surface area contributed by atoms with E-state index in [1.807, 2.05) is 0 Å². The minimum atomic E-state index is -3.81. The third-order valence-electron chi connectivity index (χ3n) is 2.76. The van der Waals surface area contributed by atoms with Gasteiger partial charge in [-0.3, -0.25) is 0 Å². The van der Waals surface area contributed by atoms with Crippen LogP contribution in [0.25, 0.3) is 5.57 Å². The summed E-state index contributed by atoms with van der Waals surface area (Å²) >= 11 is 0. The highest BCUT2D eigenvalue weighted by atomic mass is 19.3. The summed E-state index contributed by atoms with van der Waals surface area (Å²) in [4.78, 5) is 10.5. The lowest BCUT2D eigenvalue weighted by Crippen LogP contribution is -2.29. The van der Waals surface area contributed by atoms with E-state index in [0.717, 1.165) is 5.56 Å². The topological polar surface area (TPSA) is 37.3 Å². The highest BCUT2D eigenvalue weighted by Gasteiger charge is 2.46. The van der Waals surface area contributed by atoms with Crippen molar-refractivity contribution in [3.05, 3.63) is 41.0 Å². The summed E-state index contributed by atoms with van der Waals surface area (Å²) in [6.07, 6.45) is 1.67. The van der Waals surface area contributed by atoms with Crippen LogP contribution in [0.2, 0.25) is 0 Å². The molecule has 1 aromatic carbocycles. The van der Waals surface area contributed by atoms with E-state index in [4.69, 9.17) is 5.11 Å². The third kappa shape index (κ3) is 1.41. The van der Waals surface area contributed by atoms with E-state index in [2.05, 4.69) is 0 Å². The number of hydrogen-bond acceptors (Lipinski definition) is 1. The van der Waals surface area contributed by atoms with Gasteiger partial charge in [-0.05, 0) is 30.0 Å². The zero-order valence-electron chi connectivity index (χ0n) is 8.63. The van der Waals surface area contributed by atoms with E-state index in [-0.39, 0.29) is 5.57 Å². The standard InChI is InChI=1S/C12H10F2O2/c1-7-3-2-4-8-5-6-9(10(7)8)12(13,14)11(15)16/h2-4,6H,5H2,1H3,(H,15,16). The van der Waals surface area contributed by atoms with Crippen LogP contribution in [0, 0.1) is 6.92 Å². The summed E-state index contributed by atoms with van der Waals surface area (Å²) in [5.41, 5.74) is 1.45. The van der Waals surface area contributed by atoms with Gasteiger partial charge in [0.15, 0.2) is 0 Å². The zero-order valence-corrected chi connectivity index (χ0v) is 8.63. The summed E-state index contributed by atoms with van der Waals surface area (Å²) in [6.45, 7) is 1.70. The first-order valence-electron chi connectivity index (χ1n) is 4.85. The Bertz CT molecular complexity index is 490. The van der Waals surface area contributed by atoms with E-state index >= 15 is 0 Å². The van der Waals surface area contributed by atoms with Gasteiger partial charge in [-0.15, -0.1) is 0 Å². The average molecular weight is 224 g/mol. The normalized spacial score (nSPS) is 14.6. The van der Waals surface area contributed by atoms with Crippen molar-refractivity contribution < 1.29 is 18.7 Å². The number of aliphatic carboxylic acids is 1. The maximum absolute atomic E-state index is 13.4. The molecule has 0 bridgehead atoms. The largest absolute Gasteiger partial charge is 0.477 e. The second kappa shape index (κ2) is 3.40. The average Bonchev–Trinajstić information content (AvgIpc) is 2.63. The van der Waals surface area contributed by atoms with E-state index in [1.165, 1.54) is 6.08 Å². The van der Waals surface area contributed by atoms with Crippen molar-refractivity contribution >= 4 is 11.5 Å². The molecule has 84 valence electrons. The molecule has 0 atom stereocenters. The molecule has 0 saturated carbocycles. The molecule has 2 rings (SSSR count). The van der Waals surface area contributed by atoms with Gasteiger partial charge < -0.3 is 5.11 Å². The molecule has 0 saturated heterocycles. The predicted molar refractivity (Wildman–Crippen MR) is 55.4 cm³/mol. The van der Waals surface area contributed by atoms with Gasteiger partial charge in [-0.25, -0.2) is 4.79 Å². The van der Waals surface area contributed by atoms with Crippen molar-refractivity contribution in [2.45, 2.75) is 19.3 Å². The Morgan fingerprint density at radius 3 is 2.75 bits per heavy atom. The van der Waals surface area contributed by atoms with Gasteiger partial charge in [0.2, 0.25) is 0 Å². The second-order valence-electron chi connectivity index (χ2n) is 3.81. The Kier molecular flexibility index (Phi) is 2.30. The number of fused-ring (bicyclic) bond motifs is 1. The Morgan fingerprint density at radius 2 is 2.12 bits per heavy atom. The van der Waals surface area contributed by atoms with Gasteiger partial charge in [-0.1, -0.05) is 24.3 Å². The maximum Gasteiger partial charge on any atom is 0.379 e. The lowest BCUT2D eigenvalue weighted by atomic mass is 9.96. The molecule has 2 nitrogen and oxygen atoms in total. The van der Waals surface area contributed by atoms with Crippen LogP contribution >= 0.6 is 0 Å². The first kappa shape index (κ1) is 10.8. The molecule has 0 spiro atoms. The molecule has 0 amide bonds. The second-order valence-corrected chi connectivity index (χ2v) is 3.81. The number of carbonyl (C=O) groups is 1. The molecule has 0 fully saturated rings.